The first kappa shape index (κ1) is 25.7. The highest BCUT2D eigenvalue weighted by Gasteiger charge is 2.34. The molecule has 1 unspecified atom stereocenters. The summed E-state index contributed by atoms with van der Waals surface area (Å²) in [5.74, 6) is -1.53. The predicted octanol–water partition coefficient (Wildman–Crippen LogP) is 6.18. The van der Waals surface area contributed by atoms with Crippen LogP contribution in [0.4, 0.5) is 4.39 Å². The molecule has 1 N–H and O–H groups in total. The molecule has 8 heteroatoms. The van der Waals surface area contributed by atoms with E-state index in [2.05, 4.69) is 0 Å². The number of ether oxygens (including phenoxy) is 2. The van der Waals surface area contributed by atoms with Crippen LogP contribution in [0.15, 0.2) is 52.1 Å². The lowest BCUT2D eigenvalue weighted by Gasteiger charge is -2.29. The molecule has 0 radical (unpaired) electrons. The van der Waals surface area contributed by atoms with E-state index < -0.39 is 23.5 Å². The van der Waals surface area contributed by atoms with Crippen molar-refractivity contribution in [3.63, 3.8) is 0 Å². The summed E-state index contributed by atoms with van der Waals surface area (Å²) in [5.41, 5.74) is 2.98. The number of nitrogens with zero attached hydrogens (tertiary/aromatic N) is 1. The van der Waals surface area contributed by atoms with E-state index in [1.165, 1.54) is 17.7 Å². The number of pyridine rings is 1. The number of hydrogen-bond donors (Lipinski definition) is 1. The van der Waals surface area contributed by atoms with Gasteiger partial charge in [-0.15, -0.1) is 0 Å². The third-order valence-electron chi connectivity index (χ3n) is 6.95. The molecule has 4 aromatic rings. The molecule has 0 amide bonds. The van der Waals surface area contributed by atoms with Crippen molar-refractivity contribution in [2.75, 3.05) is 6.61 Å². The van der Waals surface area contributed by atoms with E-state index in [0.717, 1.165) is 28.7 Å². The van der Waals surface area contributed by atoms with Crippen molar-refractivity contribution in [3.8, 4) is 28.0 Å². The van der Waals surface area contributed by atoms with Crippen LogP contribution in [0.1, 0.15) is 50.1 Å². The average molecular weight is 520 g/mol. The Morgan fingerprint density at radius 3 is 2.58 bits per heavy atom. The van der Waals surface area contributed by atoms with Gasteiger partial charge in [-0.05, 0) is 80.8 Å². The van der Waals surface area contributed by atoms with Gasteiger partial charge in [0.2, 0.25) is 0 Å². The predicted molar refractivity (Wildman–Crippen MR) is 142 cm³/mol. The highest BCUT2D eigenvalue weighted by atomic mass is 19.1. The number of hydrogen-bond acceptors (Lipinski definition) is 5. The van der Waals surface area contributed by atoms with E-state index >= 15 is 4.39 Å². The van der Waals surface area contributed by atoms with E-state index in [9.17, 15) is 14.7 Å². The maximum absolute atomic E-state index is 15.4. The summed E-state index contributed by atoms with van der Waals surface area (Å²) in [4.78, 5) is 26.3. The Morgan fingerprint density at radius 2 is 1.92 bits per heavy atom. The van der Waals surface area contributed by atoms with Crippen molar-refractivity contribution < 1.29 is 28.2 Å². The maximum atomic E-state index is 15.4. The van der Waals surface area contributed by atoms with Gasteiger partial charge in [0.15, 0.2) is 17.7 Å². The van der Waals surface area contributed by atoms with Crippen molar-refractivity contribution in [1.29, 1.82) is 0 Å². The molecular weight excluding hydrogens is 489 g/mol. The Bertz CT molecular complexity index is 1610. The lowest BCUT2D eigenvalue weighted by Crippen LogP contribution is -2.33. The van der Waals surface area contributed by atoms with Crippen LogP contribution >= 0.6 is 0 Å². The van der Waals surface area contributed by atoms with Crippen molar-refractivity contribution >= 4 is 16.7 Å². The van der Waals surface area contributed by atoms with Gasteiger partial charge < -0.3 is 23.6 Å². The number of aromatic nitrogens is 1. The first-order valence-corrected chi connectivity index (χ1v) is 12.5. The largest absolute Gasteiger partial charge is 0.490 e. The summed E-state index contributed by atoms with van der Waals surface area (Å²) >= 11 is 0. The fraction of sp³-hybridized carbons (Fsp3) is 0.333. The van der Waals surface area contributed by atoms with Gasteiger partial charge in [-0.2, -0.15) is 0 Å². The molecule has 1 atom stereocenters. The number of carboxylic acids is 1. The van der Waals surface area contributed by atoms with Crippen LogP contribution in [0.25, 0.3) is 33.0 Å². The van der Waals surface area contributed by atoms with Crippen molar-refractivity contribution in [1.82, 2.24) is 4.57 Å². The molecule has 1 aliphatic rings. The Kier molecular flexibility index (Phi) is 6.39. The van der Waals surface area contributed by atoms with Crippen LogP contribution in [-0.2, 0) is 23.0 Å². The van der Waals surface area contributed by atoms with E-state index in [-0.39, 0.29) is 17.0 Å². The zero-order valence-electron chi connectivity index (χ0n) is 22.1. The van der Waals surface area contributed by atoms with Crippen LogP contribution in [0.3, 0.4) is 0 Å². The topological polar surface area (TPSA) is 90.9 Å². The molecule has 0 aliphatic carbocycles. The van der Waals surface area contributed by atoms with Crippen molar-refractivity contribution in [3.05, 3.63) is 75.9 Å². The number of aliphatic carboxylic acids is 1. The highest BCUT2D eigenvalue weighted by molar-refractivity contribution is 6.01. The number of carboxylic acid groups (broad SMARTS) is 1. The number of furan rings is 1. The number of fused-ring (bicyclic) bond motifs is 2. The van der Waals surface area contributed by atoms with Crippen LogP contribution in [0.2, 0.25) is 0 Å². The summed E-state index contributed by atoms with van der Waals surface area (Å²) in [5, 5.41) is 11.2. The Labute approximate surface area is 219 Å². The zero-order chi connectivity index (χ0) is 27.4. The second-order valence-electron chi connectivity index (χ2n) is 10.6. The van der Waals surface area contributed by atoms with Crippen LogP contribution in [0, 0.1) is 12.7 Å². The molecule has 0 saturated carbocycles. The number of benzene rings is 2. The van der Waals surface area contributed by atoms with E-state index in [1.54, 1.807) is 51.5 Å². The quantitative estimate of drug-likeness (QED) is 0.339. The minimum Gasteiger partial charge on any atom is -0.490 e. The van der Waals surface area contributed by atoms with Gasteiger partial charge in [0.1, 0.15) is 0 Å². The summed E-state index contributed by atoms with van der Waals surface area (Å²) < 4.78 is 33.6. The maximum Gasteiger partial charge on any atom is 0.339 e. The third kappa shape index (κ3) is 4.39. The zero-order valence-corrected chi connectivity index (χ0v) is 22.1. The molecular formula is C30H30FNO6. The minimum atomic E-state index is -1.48. The highest BCUT2D eigenvalue weighted by Crippen LogP contribution is 2.43. The van der Waals surface area contributed by atoms with Gasteiger partial charge in [-0.25, -0.2) is 9.18 Å². The molecule has 3 heterocycles. The normalized spacial score (nSPS) is 14.3. The Balaban J connectivity index is 1.91. The first-order chi connectivity index (χ1) is 18.0. The lowest BCUT2D eigenvalue weighted by atomic mass is 9.87. The fourth-order valence-corrected chi connectivity index (χ4v) is 5.23. The fourth-order valence-electron chi connectivity index (χ4n) is 5.23. The monoisotopic (exact) mass is 519 g/mol. The summed E-state index contributed by atoms with van der Waals surface area (Å²) in [6.45, 7) is 7.57. The molecule has 0 fully saturated rings. The van der Waals surface area contributed by atoms with Crippen LogP contribution in [0.5, 0.6) is 5.75 Å². The molecule has 38 heavy (non-hydrogen) atoms. The number of halogens is 1. The molecule has 0 spiro atoms. The summed E-state index contributed by atoms with van der Waals surface area (Å²) in [6, 6.07) is 8.54. The minimum absolute atomic E-state index is 0.153. The van der Waals surface area contributed by atoms with Crippen molar-refractivity contribution in [2.45, 2.75) is 52.2 Å². The van der Waals surface area contributed by atoms with Gasteiger partial charge in [-0.1, -0.05) is 12.1 Å². The second kappa shape index (κ2) is 9.44. The van der Waals surface area contributed by atoms with Crippen LogP contribution < -0.4 is 10.3 Å². The first-order valence-electron chi connectivity index (χ1n) is 12.5. The molecule has 198 valence electrons. The van der Waals surface area contributed by atoms with Gasteiger partial charge in [-0.3, -0.25) is 4.79 Å². The van der Waals surface area contributed by atoms with Gasteiger partial charge in [0.25, 0.3) is 5.56 Å². The Morgan fingerprint density at radius 1 is 1.16 bits per heavy atom. The second-order valence-corrected chi connectivity index (χ2v) is 10.6. The van der Waals surface area contributed by atoms with Crippen LogP contribution in [-0.4, -0.2) is 27.9 Å². The van der Waals surface area contributed by atoms with Gasteiger partial charge in [0.05, 0.1) is 30.4 Å². The molecule has 0 saturated heterocycles. The standard InChI is InChI=1S/C30H30FNO6/c1-16-19-7-6-11-37-26(19)23(31)14-21(16)24-20-9-8-17(18-10-12-36-15-18)13-22(20)28(33)32(5)25(24)27(29(34)35)38-30(2,3)4/h8-10,12-15,27H,6-7,11H2,1-5H3,(H,34,35). The molecule has 2 aromatic heterocycles. The molecule has 1 aliphatic heterocycles. The molecule has 7 nitrogen and oxygen atoms in total. The molecule has 0 bridgehead atoms. The van der Waals surface area contributed by atoms with Gasteiger partial charge in [0, 0.05) is 29.1 Å². The number of carbonyl (C=O) groups is 1. The third-order valence-corrected chi connectivity index (χ3v) is 6.95. The number of rotatable bonds is 5. The Hall–Kier alpha value is -3.91. The SMILES string of the molecule is Cc1c(-c2c(C(OC(C)(C)C)C(=O)O)n(C)c(=O)c3cc(-c4ccoc4)ccc23)cc(F)c2c1CCCO2. The van der Waals surface area contributed by atoms with Crippen molar-refractivity contribution in [2.24, 2.45) is 7.05 Å². The van der Waals surface area contributed by atoms with E-state index in [0.29, 0.717) is 34.9 Å². The van der Waals surface area contributed by atoms with E-state index in [4.69, 9.17) is 13.9 Å². The van der Waals surface area contributed by atoms with Gasteiger partial charge >= 0.3 is 5.97 Å². The van der Waals surface area contributed by atoms with E-state index in [1.807, 2.05) is 13.0 Å². The summed E-state index contributed by atoms with van der Waals surface area (Å²) in [7, 11) is 1.53. The molecule has 5 rings (SSSR count). The summed E-state index contributed by atoms with van der Waals surface area (Å²) in [6.07, 6.45) is 3.04. The average Bonchev–Trinajstić information content (AvgIpc) is 3.41. The molecule has 2 aromatic carbocycles. The lowest BCUT2D eigenvalue weighted by molar-refractivity contribution is -0.161. The smallest absolute Gasteiger partial charge is 0.339 e.